The molecule has 0 fully saturated rings. The number of rotatable bonds is 1. The lowest BCUT2D eigenvalue weighted by molar-refractivity contribution is -0.139. The van der Waals surface area contributed by atoms with Crippen LogP contribution in [0.5, 0.6) is 0 Å². The van der Waals surface area contributed by atoms with Gasteiger partial charge in [-0.05, 0) is 5.41 Å². The molecule has 9 heavy (non-hydrogen) atoms. The van der Waals surface area contributed by atoms with Gasteiger partial charge in [-0.3, -0.25) is 4.79 Å². The number of hydrogen-bond donors (Lipinski definition) is 1. The van der Waals surface area contributed by atoms with E-state index in [1.165, 1.54) is 0 Å². The summed E-state index contributed by atoms with van der Waals surface area (Å²) in [6.45, 7) is 5.71. The molecule has 0 aromatic heterocycles. The Morgan fingerprint density at radius 2 is 1.78 bits per heavy atom. The number of carbonyl (C=O) groups is 1. The first-order chi connectivity index (χ1) is 3.42. The van der Waals surface area contributed by atoms with Crippen LogP contribution in [0, 0.1) is 5.41 Å². The van der Waals surface area contributed by atoms with Crippen molar-refractivity contribution in [3.05, 3.63) is 0 Å². The molecule has 0 aromatic rings. The number of carboxylic acids is 1. The third-order valence-electron chi connectivity index (χ3n) is 0.682. The highest BCUT2D eigenvalue weighted by molar-refractivity contribution is 5.85. The standard InChI is InChI=1S/C6H12O2.ClH/c1-6(2,3)4-5(7)8;/h4H2,1-3H3,(H,7,8);1H. The highest BCUT2D eigenvalue weighted by Gasteiger charge is 2.13. The quantitative estimate of drug-likeness (QED) is 0.624. The van der Waals surface area contributed by atoms with Crippen LogP contribution < -0.4 is 0 Å². The van der Waals surface area contributed by atoms with Gasteiger partial charge in [0.05, 0.1) is 6.42 Å². The average Bonchev–Trinajstić information content (AvgIpc) is 1.21. The summed E-state index contributed by atoms with van der Waals surface area (Å²) >= 11 is 0. The van der Waals surface area contributed by atoms with Gasteiger partial charge in [0.2, 0.25) is 0 Å². The van der Waals surface area contributed by atoms with Crippen molar-refractivity contribution in [1.82, 2.24) is 0 Å². The molecule has 0 aliphatic rings. The van der Waals surface area contributed by atoms with Gasteiger partial charge in [-0.15, -0.1) is 12.4 Å². The molecule has 0 saturated carbocycles. The Kier molecular flexibility index (Phi) is 4.77. The number of halogens is 1. The SMILES string of the molecule is CC(C)(C)CC(=O)O.Cl. The lowest BCUT2D eigenvalue weighted by atomic mass is 9.93. The normalized spacial score (nSPS) is 10.1. The van der Waals surface area contributed by atoms with E-state index < -0.39 is 5.97 Å². The summed E-state index contributed by atoms with van der Waals surface area (Å²) in [6, 6.07) is 0. The molecule has 1 N–H and O–H groups in total. The third-order valence-corrected chi connectivity index (χ3v) is 0.682. The van der Waals surface area contributed by atoms with Crippen molar-refractivity contribution in [2.24, 2.45) is 5.41 Å². The molecule has 2 nitrogen and oxygen atoms in total. The Balaban J connectivity index is 0. The van der Waals surface area contributed by atoms with Crippen LogP contribution in [0.1, 0.15) is 27.2 Å². The summed E-state index contributed by atoms with van der Waals surface area (Å²) in [5.74, 6) is -0.725. The van der Waals surface area contributed by atoms with Crippen molar-refractivity contribution in [3.63, 3.8) is 0 Å². The van der Waals surface area contributed by atoms with Gasteiger partial charge in [-0.25, -0.2) is 0 Å². The van der Waals surface area contributed by atoms with Crippen molar-refractivity contribution in [3.8, 4) is 0 Å². The molecule has 0 amide bonds. The molecular formula is C6H13ClO2. The minimum atomic E-state index is -0.725. The van der Waals surface area contributed by atoms with Crippen LogP contribution in [0.25, 0.3) is 0 Å². The van der Waals surface area contributed by atoms with Gasteiger partial charge in [0, 0.05) is 0 Å². The minimum Gasteiger partial charge on any atom is -0.481 e. The van der Waals surface area contributed by atoms with Crippen molar-refractivity contribution < 1.29 is 9.90 Å². The fourth-order valence-electron chi connectivity index (χ4n) is 0.454. The molecule has 0 aromatic carbocycles. The van der Waals surface area contributed by atoms with Crippen LogP contribution in [0.4, 0.5) is 0 Å². The van der Waals surface area contributed by atoms with Gasteiger partial charge in [0.25, 0.3) is 0 Å². The van der Waals surface area contributed by atoms with Gasteiger partial charge in [-0.2, -0.15) is 0 Å². The summed E-state index contributed by atoms with van der Waals surface area (Å²) < 4.78 is 0. The smallest absolute Gasteiger partial charge is 0.303 e. The van der Waals surface area contributed by atoms with E-state index in [9.17, 15) is 4.79 Å². The van der Waals surface area contributed by atoms with E-state index in [4.69, 9.17) is 5.11 Å². The van der Waals surface area contributed by atoms with Gasteiger partial charge in [-0.1, -0.05) is 20.8 Å². The van der Waals surface area contributed by atoms with Crippen LogP contribution in [-0.2, 0) is 4.79 Å². The van der Waals surface area contributed by atoms with Crippen LogP contribution >= 0.6 is 12.4 Å². The zero-order valence-corrected chi connectivity index (χ0v) is 6.79. The number of carboxylic acid groups (broad SMARTS) is 1. The van der Waals surface area contributed by atoms with Gasteiger partial charge < -0.3 is 5.11 Å². The maximum absolute atomic E-state index is 10.0. The predicted octanol–water partition coefficient (Wildman–Crippen LogP) is 1.93. The van der Waals surface area contributed by atoms with Gasteiger partial charge >= 0.3 is 5.97 Å². The summed E-state index contributed by atoms with van der Waals surface area (Å²) in [7, 11) is 0. The van der Waals surface area contributed by atoms with E-state index in [-0.39, 0.29) is 24.2 Å². The summed E-state index contributed by atoms with van der Waals surface area (Å²) in [5.41, 5.74) is -0.0775. The van der Waals surface area contributed by atoms with Crippen LogP contribution in [0.3, 0.4) is 0 Å². The lowest BCUT2D eigenvalue weighted by Crippen LogP contribution is -2.11. The lowest BCUT2D eigenvalue weighted by Gasteiger charge is -2.13. The molecule has 56 valence electrons. The number of hydrogen-bond acceptors (Lipinski definition) is 1. The van der Waals surface area contributed by atoms with Crippen LogP contribution in [0.2, 0.25) is 0 Å². The Hall–Kier alpha value is -0.240. The Morgan fingerprint density at radius 1 is 1.44 bits per heavy atom. The fraction of sp³-hybridized carbons (Fsp3) is 0.833. The van der Waals surface area contributed by atoms with Crippen molar-refractivity contribution >= 4 is 18.4 Å². The molecule has 0 rings (SSSR count). The monoisotopic (exact) mass is 152 g/mol. The molecular weight excluding hydrogens is 140 g/mol. The Labute approximate surface area is 61.7 Å². The second kappa shape index (κ2) is 3.72. The highest BCUT2D eigenvalue weighted by Crippen LogP contribution is 2.17. The van der Waals surface area contributed by atoms with Gasteiger partial charge in [0.15, 0.2) is 0 Å². The first kappa shape index (κ1) is 11.5. The van der Waals surface area contributed by atoms with Crippen LogP contribution in [-0.4, -0.2) is 11.1 Å². The first-order valence-electron chi connectivity index (χ1n) is 2.63. The second-order valence-corrected chi connectivity index (χ2v) is 3.13. The maximum atomic E-state index is 10.0. The molecule has 0 saturated heterocycles. The second-order valence-electron chi connectivity index (χ2n) is 3.13. The van der Waals surface area contributed by atoms with E-state index in [0.717, 1.165) is 0 Å². The third kappa shape index (κ3) is 11.4. The Bertz CT molecular complexity index is 93.7. The molecule has 0 heterocycles. The molecule has 0 aliphatic heterocycles. The molecule has 0 spiro atoms. The van der Waals surface area contributed by atoms with Gasteiger partial charge in [0.1, 0.15) is 0 Å². The molecule has 3 heteroatoms. The topological polar surface area (TPSA) is 37.3 Å². The fourth-order valence-corrected chi connectivity index (χ4v) is 0.454. The molecule has 0 unspecified atom stereocenters. The van der Waals surface area contributed by atoms with E-state index in [2.05, 4.69) is 0 Å². The zero-order valence-electron chi connectivity index (χ0n) is 5.97. The average molecular weight is 153 g/mol. The molecule has 0 bridgehead atoms. The highest BCUT2D eigenvalue weighted by atomic mass is 35.5. The van der Waals surface area contributed by atoms with E-state index in [1.54, 1.807) is 0 Å². The largest absolute Gasteiger partial charge is 0.481 e. The van der Waals surface area contributed by atoms with Crippen molar-refractivity contribution in [2.45, 2.75) is 27.2 Å². The molecule has 0 radical (unpaired) electrons. The predicted molar refractivity (Wildman–Crippen MR) is 39.0 cm³/mol. The summed E-state index contributed by atoms with van der Waals surface area (Å²) in [4.78, 5) is 10.0. The molecule has 0 atom stereocenters. The van der Waals surface area contributed by atoms with Crippen LogP contribution in [0.15, 0.2) is 0 Å². The van der Waals surface area contributed by atoms with Crippen molar-refractivity contribution in [1.29, 1.82) is 0 Å². The maximum Gasteiger partial charge on any atom is 0.303 e. The van der Waals surface area contributed by atoms with E-state index in [1.807, 2.05) is 20.8 Å². The first-order valence-corrected chi connectivity index (χ1v) is 2.63. The molecule has 0 aliphatic carbocycles. The number of aliphatic carboxylic acids is 1. The minimum absolute atomic E-state index is 0. The Morgan fingerprint density at radius 3 is 1.78 bits per heavy atom. The van der Waals surface area contributed by atoms with E-state index in [0.29, 0.717) is 0 Å². The summed E-state index contributed by atoms with van der Waals surface area (Å²) in [5, 5.41) is 8.25. The van der Waals surface area contributed by atoms with Crippen molar-refractivity contribution in [2.75, 3.05) is 0 Å². The van der Waals surface area contributed by atoms with E-state index >= 15 is 0 Å². The zero-order chi connectivity index (χ0) is 6.78. The summed E-state index contributed by atoms with van der Waals surface area (Å²) in [6.07, 6.45) is 0.243.